The molecule has 21 heavy (non-hydrogen) atoms. The molecule has 2 rings (SSSR count). The minimum atomic E-state index is -0.910. The van der Waals surface area contributed by atoms with Gasteiger partial charge in [0.15, 0.2) is 5.82 Å². The number of anilines is 1. The van der Waals surface area contributed by atoms with Crippen molar-refractivity contribution in [2.75, 3.05) is 18.4 Å². The Kier molecular flexibility index (Phi) is 4.46. The maximum atomic E-state index is 13.6. The molecule has 1 saturated heterocycles. The molecule has 0 saturated carbocycles. The Morgan fingerprint density at radius 1 is 1.43 bits per heavy atom. The molecule has 5 nitrogen and oxygen atoms in total. The van der Waals surface area contributed by atoms with Crippen molar-refractivity contribution >= 4 is 33.6 Å². The van der Waals surface area contributed by atoms with Gasteiger partial charge in [-0.2, -0.15) is 0 Å². The van der Waals surface area contributed by atoms with Crippen molar-refractivity contribution in [3.63, 3.8) is 0 Å². The predicted molar refractivity (Wildman–Crippen MR) is 74.9 cm³/mol. The van der Waals surface area contributed by atoms with Crippen LogP contribution < -0.4 is 5.32 Å². The van der Waals surface area contributed by atoms with Crippen molar-refractivity contribution < 1.29 is 23.5 Å². The number of rotatable bonds is 3. The lowest BCUT2D eigenvalue weighted by atomic mass is 9.87. The van der Waals surface area contributed by atoms with Crippen LogP contribution in [0.15, 0.2) is 16.6 Å². The van der Waals surface area contributed by atoms with Gasteiger partial charge in [-0.3, -0.25) is 4.79 Å². The van der Waals surface area contributed by atoms with Crippen LogP contribution in [0.1, 0.15) is 6.92 Å². The molecule has 8 heteroatoms. The molecule has 1 aliphatic rings. The number of benzene rings is 1. The first kappa shape index (κ1) is 15.7. The summed E-state index contributed by atoms with van der Waals surface area (Å²) in [6.07, 6.45) is 0. The van der Waals surface area contributed by atoms with Crippen LogP contribution in [0, 0.1) is 23.5 Å². The topological polar surface area (TPSA) is 69.6 Å². The van der Waals surface area contributed by atoms with E-state index in [1.807, 2.05) is 0 Å². The van der Waals surface area contributed by atoms with E-state index in [1.165, 1.54) is 4.90 Å². The van der Waals surface area contributed by atoms with Gasteiger partial charge in [-0.25, -0.2) is 13.6 Å². The standard InChI is InChI=1S/C13H13BrF2N2O3/c1-6(12(19)20)7-4-18(5-7)13(21)17-11-9(14)2-8(15)3-10(11)16/h2-3,6-7H,4-5H2,1H3,(H,17,21)(H,19,20). The summed E-state index contributed by atoms with van der Waals surface area (Å²) in [5, 5.41) is 11.2. The quantitative estimate of drug-likeness (QED) is 0.868. The van der Waals surface area contributed by atoms with E-state index in [-0.39, 0.29) is 16.1 Å². The van der Waals surface area contributed by atoms with Gasteiger partial charge in [0, 0.05) is 29.5 Å². The van der Waals surface area contributed by atoms with Gasteiger partial charge in [-0.1, -0.05) is 6.92 Å². The summed E-state index contributed by atoms with van der Waals surface area (Å²) < 4.78 is 26.6. The first-order valence-corrected chi connectivity index (χ1v) is 7.02. The Labute approximate surface area is 128 Å². The highest BCUT2D eigenvalue weighted by Crippen LogP contribution is 2.29. The zero-order valence-corrected chi connectivity index (χ0v) is 12.7. The van der Waals surface area contributed by atoms with Gasteiger partial charge in [0.1, 0.15) is 5.82 Å². The zero-order valence-electron chi connectivity index (χ0n) is 11.1. The van der Waals surface area contributed by atoms with E-state index >= 15 is 0 Å². The Morgan fingerprint density at radius 2 is 2.05 bits per heavy atom. The molecule has 1 unspecified atom stereocenters. The van der Waals surface area contributed by atoms with Gasteiger partial charge in [0.05, 0.1) is 11.6 Å². The SMILES string of the molecule is CC(C(=O)O)C1CN(C(=O)Nc2c(F)cc(F)cc2Br)C1. The number of nitrogens with one attached hydrogen (secondary N) is 1. The van der Waals surface area contributed by atoms with Gasteiger partial charge in [0.2, 0.25) is 0 Å². The first-order chi connectivity index (χ1) is 9.79. The summed E-state index contributed by atoms with van der Waals surface area (Å²) in [5.41, 5.74) is -0.142. The number of urea groups is 1. The molecular formula is C13H13BrF2N2O3. The van der Waals surface area contributed by atoms with Crippen LogP contribution in [0.5, 0.6) is 0 Å². The third-order valence-electron chi connectivity index (χ3n) is 3.53. The number of carboxylic acid groups (broad SMARTS) is 1. The second-order valence-electron chi connectivity index (χ2n) is 4.97. The van der Waals surface area contributed by atoms with E-state index in [4.69, 9.17) is 5.11 Å². The average Bonchev–Trinajstić information content (AvgIpc) is 2.31. The fourth-order valence-electron chi connectivity index (χ4n) is 2.04. The largest absolute Gasteiger partial charge is 0.481 e. The number of hydrogen-bond acceptors (Lipinski definition) is 2. The molecule has 0 aliphatic carbocycles. The maximum Gasteiger partial charge on any atom is 0.321 e. The first-order valence-electron chi connectivity index (χ1n) is 6.23. The van der Waals surface area contributed by atoms with E-state index < -0.39 is 29.6 Å². The fraction of sp³-hybridized carbons (Fsp3) is 0.385. The number of hydrogen-bond donors (Lipinski definition) is 2. The molecule has 114 valence electrons. The number of carboxylic acids is 1. The predicted octanol–water partition coefficient (Wildman–Crippen LogP) is 2.91. The van der Waals surface area contributed by atoms with E-state index in [0.717, 1.165) is 6.07 Å². The number of nitrogens with zero attached hydrogens (tertiary/aromatic N) is 1. The molecule has 1 aromatic carbocycles. The van der Waals surface area contributed by atoms with E-state index in [9.17, 15) is 18.4 Å². The number of amides is 2. The summed E-state index contributed by atoms with van der Waals surface area (Å²) in [4.78, 5) is 24.1. The van der Waals surface area contributed by atoms with Crippen LogP contribution in [0.2, 0.25) is 0 Å². The van der Waals surface area contributed by atoms with Crippen LogP contribution in [-0.4, -0.2) is 35.1 Å². The molecule has 1 atom stereocenters. The molecular weight excluding hydrogens is 350 g/mol. The minimum absolute atomic E-state index is 0.101. The second-order valence-corrected chi connectivity index (χ2v) is 5.82. The Morgan fingerprint density at radius 3 is 2.57 bits per heavy atom. The molecule has 2 amide bonds. The third kappa shape index (κ3) is 3.31. The van der Waals surface area contributed by atoms with Gasteiger partial charge in [-0.15, -0.1) is 0 Å². The van der Waals surface area contributed by atoms with Crippen molar-refractivity contribution in [3.05, 3.63) is 28.2 Å². The number of carbonyl (C=O) groups excluding carboxylic acids is 1. The Bertz CT molecular complexity index is 568. The molecule has 1 heterocycles. The zero-order chi connectivity index (χ0) is 15.7. The molecule has 1 fully saturated rings. The molecule has 0 spiro atoms. The second kappa shape index (κ2) is 5.97. The van der Waals surface area contributed by atoms with Crippen LogP contribution in [0.4, 0.5) is 19.3 Å². The van der Waals surface area contributed by atoms with Gasteiger partial charge >= 0.3 is 12.0 Å². The fourth-order valence-corrected chi connectivity index (χ4v) is 2.55. The van der Waals surface area contributed by atoms with E-state index in [0.29, 0.717) is 19.2 Å². The number of halogens is 3. The Hall–Kier alpha value is -1.70. The minimum Gasteiger partial charge on any atom is -0.481 e. The van der Waals surface area contributed by atoms with E-state index in [1.54, 1.807) is 6.92 Å². The molecule has 0 bridgehead atoms. The summed E-state index contributed by atoms with van der Waals surface area (Å²) in [5.74, 6) is -3.20. The third-order valence-corrected chi connectivity index (χ3v) is 4.16. The average molecular weight is 363 g/mol. The molecule has 0 radical (unpaired) electrons. The molecule has 2 N–H and O–H groups in total. The highest BCUT2D eigenvalue weighted by atomic mass is 79.9. The Balaban J connectivity index is 1.97. The number of carbonyl (C=O) groups is 2. The van der Waals surface area contributed by atoms with Crippen molar-refractivity contribution in [2.45, 2.75) is 6.92 Å². The maximum absolute atomic E-state index is 13.6. The van der Waals surface area contributed by atoms with Crippen LogP contribution in [0.3, 0.4) is 0 Å². The van der Waals surface area contributed by atoms with Crippen molar-refractivity contribution in [1.29, 1.82) is 0 Å². The molecule has 0 aromatic heterocycles. The molecule has 1 aliphatic heterocycles. The van der Waals surface area contributed by atoms with Crippen molar-refractivity contribution in [3.8, 4) is 0 Å². The highest BCUT2D eigenvalue weighted by Gasteiger charge is 2.37. The lowest BCUT2D eigenvalue weighted by Gasteiger charge is -2.41. The van der Waals surface area contributed by atoms with E-state index in [2.05, 4.69) is 21.2 Å². The summed E-state index contributed by atoms with van der Waals surface area (Å²) in [7, 11) is 0. The monoisotopic (exact) mass is 362 g/mol. The summed E-state index contributed by atoms with van der Waals surface area (Å²) in [6.45, 7) is 2.16. The molecule has 1 aromatic rings. The van der Waals surface area contributed by atoms with Gasteiger partial charge in [-0.05, 0) is 22.0 Å². The van der Waals surface area contributed by atoms with Crippen LogP contribution >= 0.6 is 15.9 Å². The van der Waals surface area contributed by atoms with Crippen LogP contribution in [0.25, 0.3) is 0 Å². The number of likely N-dealkylation sites (tertiary alicyclic amines) is 1. The lowest BCUT2D eigenvalue weighted by Crippen LogP contribution is -2.54. The summed E-state index contributed by atoms with van der Waals surface area (Å²) in [6, 6.07) is 1.17. The number of aliphatic carboxylic acids is 1. The highest BCUT2D eigenvalue weighted by molar-refractivity contribution is 9.10. The van der Waals surface area contributed by atoms with Gasteiger partial charge < -0.3 is 15.3 Å². The van der Waals surface area contributed by atoms with Gasteiger partial charge in [0.25, 0.3) is 0 Å². The summed E-state index contributed by atoms with van der Waals surface area (Å²) >= 11 is 2.98. The normalized spacial score (nSPS) is 16.3. The van der Waals surface area contributed by atoms with Crippen molar-refractivity contribution in [1.82, 2.24) is 4.90 Å². The van der Waals surface area contributed by atoms with Crippen molar-refractivity contribution in [2.24, 2.45) is 11.8 Å². The smallest absolute Gasteiger partial charge is 0.321 e. The lowest BCUT2D eigenvalue weighted by molar-refractivity contribution is -0.144. The van der Waals surface area contributed by atoms with Crippen LogP contribution in [-0.2, 0) is 4.79 Å².